The Morgan fingerprint density at radius 2 is 1.56 bits per heavy atom. The second-order valence-electron chi connectivity index (χ2n) is 6.06. The summed E-state index contributed by atoms with van der Waals surface area (Å²) in [6, 6.07) is -2.19. The van der Waals surface area contributed by atoms with E-state index in [-0.39, 0.29) is 5.56 Å². The zero-order valence-corrected chi connectivity index (χ0v) is 10.9. The van der Waals surface area contributed by atoms with Gasteiger partial charge in [-0.2, -0.15) is 0 Å². The molecule has 0 heteroatoms. The second-order valence-corrected chi connectivity index (χ2v) is 6.06. The molecule has 1 aromatic rings. The van der Waals surface area contributed by atoms with Crippen molar-refractivity contribution < 1.29 is 20.6 Å². The molecule has 0 aromatic heterocycles. The predicted octanol–water partition coefficient (Wildman–Crippen LogP) is 5.33. The van der Waals surface area contributed by atoms with Gasteiger partial charge in [0.15, 0.2) is 0 Å². The van der Waals surface area contributed by atoms with Gasteiger partial charge in [0, 0.05) is 16.4 Å². The summed E-state index contributed by atoms with van der Waals surface area (Å²) in [6.45, 7) is -8.44. The Morgan fingerprint density at radius 3 is 2.06 bits per heavy atom. The van der Waals surface area contributed by atoms with E-state index in [1.807, 2.05) is 0 Å². The SMILES string of the molecule is [2H]c1c([2H])c2c(c([2H])c1C(C)(C)C)C(C([2H])([2H])[2H])(C([2H])([2H])[2H])CCC2(C([2H])([2H])[2H])C([2H])([2H])[2H]. The number of rotatable bonds is 0. The van der Waals surface area contributed by atoms with E-state index in [0.717, 1.165) is 0 Å². The van der Waals surface area contributed by atoms with Crippen LogP contribution in [0.3, 0.4) is 0 Å². The minimum absolute atomic E-state index is 0.143. The maximum atomic E-state index is 8.85. The number of hydrogen-bond donors (Lipinski definition) is 0. The van der Waals surface area contributed by atoms with Gasteiger partial charge in [-0.15, -0.1) is 0 Å². The Hall–Kier alpha value is -0.780. The molecule has 0 fully saturated rings. The van der Waals surface area contributed by atoms with E-state index in [4.69, 9.17) is 20.6 Å². The van der Waals surface area contributed by atoms with Gasteiger partial charge in [0.1, 0.15) is 0 Å². The lowest BCUT2D eigenvalue weighted by molar-refractivity contribution is 0.331. The van der Waals surface area contributed by atoms with Crippen molar-refractivity contribution in [2.24, 2.45) is 0 Å². The van der Waals surface area contributed by atoms with Crippen molar-refractivity contribution in [3.05, 3.63) is 34.8 Å². The molecule has 0 aliphatic heterocycles. The van der Waals surface area contributed by atoms with Gasteiger partial charge >= 0.3 is 0 Å². The molecule has 100 valence electrons. The van der Waals surface area contributed by atoms with Gasteiger partial charge in [0.2, 0.25) is 0 Å². The van der Waals surface area contributed by atoms with E-state index in [0.29, 0.717) is 0 Å². The summed E-state index contributed by atoms with van der Waals surface area (Å²) in [5, 5.41) is 0. The van der Waals surface area contributed by atoms with Crippen LogP contribution in [0.15, 0.2) is 18.1 Å². The van der Waals surface area contributed by atoms with Crippen molar-refractivity contribution in [1.82, 2.24) is 0 Å². The largest absolute Gasteiger partial charge is 0.0629 e. The predicted molar refractivity (Wildman–Crippen MR) is 80.4 cm³/mol. The van der Waals surface area contributed by atoms with E-state index >= 15 is 0 Å². The maximum Gasteiger partial charge on any atom is 0.0629 e. The molecule has 0 spiro atoms. The first-order valence-corrected chi connectivity index (χ1v) is 5.96. The molecule has 1 aliphatic carbocycles. The van der Waals surface area contributed by atoms with Crippen LogP contribution in [0, 0.1) is 0 Å². The van der Waals surface area contributed by atoms with Crippen molar-refractivity contribution in [2.45, 2.75) is 77.3 Å². The van der Waals surface area contributed by atoms with Gasteiger partial charge in [-0.1, -0.05) is 66.3 Å². The maximum absolute atomic E-state index is 8.85. The Morgan fingerprint density at radius 1 is 1.00 bits per heavy atom. The molecule has 1 aliphatic rings. The number of fused-ring (bicyclic) bond motifs is 1. The summed E-state index contributed by atoms with van der Waals surface area (Å²) in [7, 11) is 0. The highest BCUT2D eigenvalue weighted by Crippen LogP contribution is 2.46. The fraction of sp³-hybridized carbons (Fsp3) is 0.667. The minimum Gasteiger partial charge on any atom is -0.0582 e. The Bertz CT molecular complexity index is 907. The zero-order chi connectivity index (χ0) is 26.4. The Kier molecular flexibility index (Phi) is 0.879. The van der Waals surface area contributed by atoms with Crippen LogP contribution in [0.4, 0.5) is 0 Å². The molecular weight excluding hydrogens is 216 g/mol. The molecule has 0 amide bonds. The zero-order valence-electron chi connectivity index (χ0n) is 25.9. The first-order valence-electron chi connectivity index (χ1n) is 13.5. The van der Waals surface area contributed by atoms with Gasteiger partial charge in [-0.3, -0.25) is 0 Å². The summed E-state index contributed by atoms with van der Waals surface area (Å²) in [5.41, 5.74) is -8.40. The van der Waals surface area contributed by atoms with Crippen LogP contribution in [-0.2, 0) is 16.2 Å². The highest BCUT2D eigenvalue weighted by Gasteiger charge is 2.37. The summed E-state index contributed by atoms with van der Waals surface area (Å²) < 4.78 is 124. The Labute approximate surface area is 134 Å². The highest BCUT2D eigenvalue weighted by atomic mass is 14.4. The quantitative estimate of drug-likeness (QED) is 0.590. The lowest BCUT2D eigenvalue weighted by Gasteiger charge is -2.42. The van der Waals surface area contributed by atoms with Crippen molar-refractivity contribution in [2.75, 3.05) is 0 Å². The molecule has 0 heterocycles. The van der Waals surface area contributed by atoms with E-state index < -0.39 is 85.7 Å². The number of benzene rings is 1. The van der Waals surface area contributed by atoms with Gasteiger partial charge in [-0.25, -0.2) is 0 Å². The topological polar surface area (TPSA) is 0 Å². The van der Waals surface area contributed by atoms with Crippen LogP contribution in [0.2, 0.25) is 0 Å². The van der Waals surface area contributed by atoms with Gasteiger partial charge in [0.25, 0.3) is 0 Å². The van der Waals surface area contributed by atoms with Crippen LogP contribution in [0.1, 0.15) is 98.3 Å². The van der Waals surface area contributed by atoms with E-state index in [9.17, 15) is 0 Å². The molecule has 0 bridgehead atoms. The van der Waals surface area contributed by atoms with Gasteiger partial charge < -0.3 is 0 Å². The minimum atomic E-state index is -3.30. The third kappa shape index (κ3) is 2.22. The first kappa shape index (κ1) is 4.11. The molecule has 1 aromatic carbocycles. The third-order valence-electron chi connectivity index (χ3n) is 3.29. The number of hydrogen-bond acceptors (Lipinski definition) is 0. The molecule has 0 saturated carbocycles. The first-order chi connectivity index (χ1) is 14.3. The molecule has 0 N–H and O–H groups in total. The van der Waals surface area contributed by atoms with Crippen molar-refractivity contribution in [3.8, 4) is 0 Å². The molecule has 0 nitrogen and oxygen atoms in total. The van der Waals surface area contributed by atoms with Crippen LogP contribution < -0.4 is 0 Å². The smallest absolute Gasteiger partial charge is 0.0582 e. The fourth-order valence-corrected chi connectivity index (χ4v) is 2.05. The normalized spacial score (nSPS) is 36.5. The van der Waals surface area contributed by atoms with Crippen molar-refractivity contribution in [1.29, 1.82) is 0 Å². The van der Waals surface area contributed by atoms with Gasteiger partial charge in [0.05, 0.1) is 4.11 Å². The van der Waals surface area contributed by atoms with E-state index in [1.165, 1.54) is 0 Å². The molecule has 0 unspecified atom stereocenters. The van der Waals surface area contributed by atoms with E-state index in [1.54, 1.807) is 20.8 Å². The lowest BCUT2D eigenvalue weighted by Crippen LogP contribution is -2.34. The molecule has 0 saturated heterocycles. The van der Waals surface area contributed by atoms with Crippen molar-refractivity contribution in [3.63, 3.8) is 0 Å². The van der Waals surface area contributed by atoms with Crippen LogP contribution >= 0.6 is 0 Å². The van der Waals surface area contributed by atoms with Crippen molar-refractivity contribution >= 4 is 0 Å². The average Bonchev–Trinajstić information content (AvgIpc) is 2.52. The lowest BCUT2D eigenvalue weighted by atomic mass is 9.62. The molecule has 2 rings (SSSR count). The third-order valence-corrected chi connectivity index (χ3v) is 3.29. The fourth-order valence-electron chi connectivity index (χ4n) is 2.05. The molecule has 0 atom stereocenters. The van der Waals surface area contributed by atoms with Crippen LogP contribution in [0.25, 0.3) is 0 Å². The monoisotopic (exact) mass is 259 g/mol. The standard InChI is InChI=1S/C18H28/c1-16(2,3)13-8-9-14-15(12-13)18(6,7)11-10-17(14,4)5/h8-9,12H,10-11H2,1-7H3/i4D3,5D3,6D3,7D3,8D,9D,12D. The second kappa shape index (κ2) is 3.85. The summed E-state index contributed by atoms with van der Waals surface area (Å²) in [5.74, 6) is 0. The van der Waals surface area contributed by atoms with Gasteiger partial charge in [-0.05, 0) is 45.8 Å². The summed E-state index contributed by atoms with van der Waals surface area (Å²) in [4.78, 5) is 0. The molecule has 0 radical (unpaired) electrons. The summed E-state index contributed by atoms with van der Waals surface area (Å²) >= 11 is 0. The molecule has 18 heavy (non-hydrogen) atoms. The average molecular weight is 260 g/mol. The highest BCUT2D eigenvalue weighted by molar-refractivity contribution is 5.45. The van der Waals surface area contributed by atoms with Crippen LogP contribution in [-0.4, -0.2) is 0 Å². The summed E-state index contributed by atoms with van der Waals surface area (Å²) in [6.07, 6.45) is -1.75. The molecular formula is C18H28. The Balaban J connectivity index is 3.41. The van der Waals surface area contributed by atoms with Crippen LogP contribution in [0.5, 0.6) is 0 Å². The van der Waals surface area contributed by atoms with E-state index in [2.05, 4.69) is 0 Å².